The molecule has 3 rings (SSSR count). The van der Waals surface area contributed by atoms with Crippen LogP contribution < -0.4 is 4.74 Å². The minimum atomic E-state index is -3.51. The molecule has 0 amide bonds. The van der Waals surface area contributed by atoms with Crippen molar-refractivity contribution in [3.8, 4) is 11.5 Å². The van der Waals surface area contributed by atoms with Gasteiger partial charge in [0.25, 0.3) is 0 Å². The third-order valence-corrected chi connectivity index (χ3v) is 7.03. The average molecular weight is 523 g/mol. The zero-order valence-corrected chi connectivity index (χ0v) is 24.1. The van der Waals surface area contributed by atoms with Gasteiger partial charge in [-0.3, -0.25) is 0 Å². The standard InChI is InChI=1S/C34H44F2O2/c1-8-9-10-11-24-12-14-25(15-13-24)16-17-26-18-20-27(21-19-26)34(35,36)38-28-22-29(32(2,3)4)31(37)30(23-28)33(5,6)7/h12-15,18-23,37H,8-11,16-17H2,1-7H3. The van der Waals surface area contributed by atoms with Crippen molar-refractivity contribution in [2.24, 2.45) is 0 Å². The third-order valence-electron chi connectivity index (χ3n) is 7.03. The number of hydrogen-bond donors (Lipinski definition) is 1. The van der Waals surface area contributed by atoms with Crippen molar-refractivity contribution < 1.29 is 18.6 Å². The van der Waals surface area contributed by atoms with Crippen LogP contribution in [0.4, 0.5) is 8.78 Å². The molecule has 206 valence electrons. The first-order chi connectivity index (χ1) is 17.7. The van der Waals surface area contributed by atoms with Crippen LogP contribution in [0, 0.1) is 0 Å². The number of halogens is 2. The minimum absolute atomic E-state index is 0.0462. The molecular formula is C34H44F2O2. The maximum atomic E-state index is 15.2. The number of rotatable bonds is 10. The summed E-state index contributed by atoms with van der Waals surface area (Å²) in [5, 5.41) is 10.9. The maximum absolute atomic E-state index is 15.2. The van der Waals surface area contributed by atoms with Gasteiger partial charge in [0.2, 0.25) is 0 Å². The van der Waals surface area contributed by atoms with Crippen LogP contribution in [0.15, 0.2) is 60.7 Å². The van der Waals surface area contributed by atoms with Crippen LogP contribution in [0.2, 0.25) is 0 Å². The number of ether oxygens (including phenoxy) is 1. The number of hydrogen-bond acceptors (Lipinski definition) is 2. The van der Waals surface area contributed by atoms with E-state index in [4.69, 9.17) is 4.74 Å². The van der Waals surface area contributed by atoms with E-state index in [-0.39, 0.29) is 17.1 Å². The van der Waals surface area contributed by atoms with Gasteiger partial charge in [-0.1, -0.05) is 97.7 Å². The van der Waals surface area contributed by atoms with Gasteiger partial charge < -0.3 is 9.84 Å². The first kappa shape index (κ1) is 29.7. The van der Waals surface area contributed by atoms with Gasteiger partial charge in [-0.25, -0.2) is 0 Å². The molecule has 0 aromatic heterocycles. The van der Waals surface area contributed by atoms with Gasteiger partial charge in [0.05, 0.1) is 5.56 Å². The molecular weight excluding hydrogens is 478 g/mol. The van der Waals surface area contributed by atoms with Crippen LogP contribution >= 0.6 is 0 Å². The number of alkyl halides is 2. The van der Waals surface area contributed by atoms with E-state index in [1.807, 2.05) is 41.5 Å². The smallest absolute Gasteiger partial charge is 0.426 e. The lowest BCUT2D eigenvalue weighted by Crippen LogP contribution is -2.23. The SMILES string of the molecule is CCCCCc1ccc(CCc2ccc(C(F)(F)Oc3cc(C(C)(C)C)c(O)c(C(C)(C)C)c3)cc2)cc1. The Hall–Kier alpha value is -2.88. The number of aromatic hydroxyl groups is 1. The van der Waals surface area contributed by atoms with E-state index in [1.54, 1.807) is 12.1 Å². The molecule has 0 bridgehead atoms. The summed E-state index contributed by atoms with van der Waals surface area (Å²) < 4.78 is 35.8. The molecule has 0 heterocycles. The van der Waals surface area contributed by atoms with Gasteiger partial charge in [-0.05, 0) is 77.5 Å². The van der Waals surface area contributed by atoms with E-state index in [9.17, 15) is 5.11 Å². The van der Waals surface area contributed by atoms with Crippen molar-refractivity contribution in [2.45, 2.75) is 104 Å². The summed E-state index contributed by atoms with van der Waals surface area (Å²) in [5.41, 5.74) is 3.72. The fourth-order valence-electron chi connectivity index (χ4n) is 4.62. The molecule has 0 saturated heterocycles. The second kappa shape index (κ2) is 11.9. The Bertz CT molecular complexity index is 1150. The molecule has 0 aliphatic carbocycles. The second-order valence-corrected chi connectivity index (χ2v) is 12.5. The summed E-state index contributed by atoms with van der Waals surface area (Å²) in [6.07, 6.45) is 2.95. The number of unbranched alkanes of at least 4 members (excludes halogenated alkanes) is 2. The van der Waals surface area contributed by atoms with E-state index in [2.05, 4.69) is 31.2 Å². The molecule has 4 heteroatoms. The van der Waals surface area contributed by atoms with Gasteiger partial charge in [-0.2, -0.15) is 8.78 Å². The Morgan fingerprint density at radius 2 is 1.08 bits per heavy atom. The van der Waals surface area contributed by atoms with Crippen molar-refractivity contribution >= 4 is 0 Å². The molecule has 0 unspecified atom stereocenters. The molecule has 0 aliphatic heterocycles. The lowest BCUT2D eigenvalue weighted by Gasteiger charge is -2.29. The molecule has 0 radical (unpaired) electrons. The molecule has 1 N–H and O–H groups in total. The molecule has 0 aliphatic rings. The van der Waals surface area contributed by atoms with Gasteiger partial charge in [0, 0.05) is 11.1 Å². The molecule has 2 nitrogen and oxygen atoms in total. The molecule has 3 aromatic rings. The van der Waals surface area contributed by atoms with E-state index >= 15 is 8.78 Å². The third kappa shape index (κ3) is 7.82. The highest BCUT2D eigenvalue weighted by Gasteiger charge is 2.36. The highest BCUT2D eigenvalue weighted by molar-refractivity contribution is 5.52. The Labute approximate surface area is 228 Å². The molecule has 3 aromatic carbocycles. The van der Waals surface area contributed by atoms with Gasteiger partial charge in [0.15, 0.2) is 0 Å². The summed E-state index contributed by atoms with van der Waals surface area (Å²) >= 11 is 0. The van der Waals surface area contributed by atoms with Crippen LogP contribution in [0.1, 0.15) is 101 Å². The lowest BCUT2D eigenvalue weighted by atomic mass is 9.79. The topological polar surface area (TPSA) is 29.5 Å². The van der Waals surface area contributed by atoms with E-state index in [1.165, 1.54) is 54.7 Å². The van der Waals surface area contributed by atoms with Gasteiger partial charge in [0.1, 0.15) is 11.5 Å². The average Bonchev–Trinajstić information content (AvgIpc) is 2.83. The van der Waals surface area contributed by atoms with E-state index in [0.29, 0.717) is 11.1 Å². The van der Waals surface area contributed by atoms with Crippen LogP contribution in [-0.4, -0.2) is 5.11 Å². The largest absolute Gasteiger partial charge is 0.507 e. The first-order valence-corrected chi connectivity index (χ1v) is 13.8. The van der Waals surface area contributed by atoms with Crippen molar-refractivity contribution in [1.29, 1.82) is 0 Å². The van der Waals surface area contributed by atoms with E-state index < -0.39 is 16.9 Å². The highest BCUT2D eigenvalue weighted by atomic mass is 19.3. The van der Waals surface area contributed by atoms with Crippen molar-refractivity contribution in [3.05, 3.63) is 94.0 Å². The number of aryl methyl sites for hydroxylation is 3. The fourth-order valence-corrected chi connectivity index (χ4v) is 4.62. The maximum Gasteiger partial charge on any atom is 0.426 e. The van der Waals surface area contributed by atoms with E-state index in [0.717, 1.165) is 24.8 Å². The normalized spacial score (nSPS) is 12.6. The predicted molar refractivity (Wildman–Crippen MR) is 154 cm³/mol. The Kier molecular flexibility index (Phi) is 9.28. The lowest BCUT2D eigenvalue weighted by molar-refractivity contribution is -0.185. The van der Waals surface area contributed by atoms with Crippen molar-refractivity contribution in [3.63, 3.8) is 0 Å². The Morgan fingerprint density at radius 1 is 0.658 bits per heavy atom. The quantitative estimate of drug-likeness (QED) is 0.269. The first-order valence-electron chi connectivity index (χ1n) is 13.8. The second-order valence-electron chi connectivity index (χ2n) is 12.5. The van der Waals surface area contributed by atoms with Gasteiger partial charge >= 0.3 is 6.11 Å². The Balaban J connectivity index is 1.71. The minimum Gasteiger partial charge on any atom is -0.507 e. The predicted octanol–water partition coefficient (Wildman–Crippen LogP) is 9.63. The Morgan fingerprint density at radius 3 is 1.50 bits per heavy atom. The summed E-state index contributed by atoms with van der Waals surface area (Å²) in [6.45, 7) is 13.9. The van der Waals surface area contributed by atoms with Crippen LogP contribution in [-0.2, 0) is 36.2 Å². The molecule has 0 atom stereocenters. The van der Waals surface area contributed by atoms with Crippen LogP contribution in [0.25, 0.3) is 0 Å². The summed E-state index contributed by atoms with van der Waals surface area (Å²) in [5.74, 6) is 0.181. The summed E-state index contributed by atoms with van der Waals surface area (Å²) in [4.78, 5) is 0. The molecule has 0 spiro atoms. The summed E-state index contributed by atoms with van der Waals surface area (Å²) in [7, 11) is 0. The molecule has 0 saturated carbocycles. The van der Waals surface area contributed by atoms with Crippen LogP contribution in [0.5, 0.6) is 11.5 Å². The zero-order chi connectivity index (χ0) is 28.1. The van der Waals surface area contributed by atoms with Crippen molar-refractivity contribution in [1.82, 2.24) is 0 Å². The van der Waals surface area contributed by atoms with Crippen molar-refractivity contribution in [2.75, 3.05) is 0 Å². The summed E-state index contributed by atoms with van der Waals surface area (Å²) in [6, 6.07) is 18.2. The number of benzene rings is 3. The van der Waals surface area contributed by atoms with Gasteiger partial charge in [-0.15, -0.1) is 0 Å². The number of phenols is 1. The monoisotopic (exact) mass is 522 g/mol. The highest BCUT2D eigenvalue weighted by Crippen LogP contribution is 2.43. The van der Waals surface area contributed by atoms with Crippen LogP contribution in [0.3, 0.4) is 0 Å². The number of phenolic OH excluding ortho intramolecular Hbond substituents is 1. The zero-order valence-electron chi connectivity index (χ0n) is 24.1. The molecule has 0 fully saturated rings. The molecule has 38 heavy (non-hydrogen) atoms. The fraction of sp³-hybridized carbons (Fsp3) is 0.471.